The van der Waals surface area contributed by atoms with Gasteiger partial charge in [-0.1, -0.05) is 30.3 Å². The number of hydrogen-bond donors (Lipinski definition) is 0. The molecule has 13 heteroatoms. The van der Waals surface area contributed by atoms with Crippen LogP contribution in [-0.4, -0.2) is 86.3 Å². The monoisotopic (exact) mass is 520 g/mol. The van der Waals surface area contributed by atoms with Crippen LogP contribution in [0.3, 0.4) is 0 Å². The third-order valence-corrected chi connectivity index (χ3v) is 2.71. The van der Waals surface area contributed by atoms with Gasteiger partial charge in [-0.3, -0.25) is 28.8 Å². The summed E-state index contributed by atoms with van der Waals surface area (Å²) in [6.45, 7) is 2.95. The Kier molecular flexibility index (Phi) is 47.8. The molecule has 0 atom stereocenters. The van der Waals surface area contributed by atoms with Crippen molar-refractivity contribution in [1.82, 2.24) is 0 Å². The summed E-state index contributed by atoms with van der Waals surface area (Å²) >= 11 is 0. The van der Waals surface area contributed by atoms with E-state index in [-0.39, 0.29) is 30.6 Å². The lowest BCUT2D eigenvalue weighted by Crippen LogP contribution is -2.03. The van der Waals surface area contributed by atoms with Gasteiger partial charge in [-0.25, -0.2) is 0 Å². The van der Waals surface area contributed by atoms with Crippen LogP contribution >= 0.6 is 0 Å². The van der Waals surface area contributed by atoms with Crippen molar-refractivity contribution in [3.63, 3.8) is 0 Å². The molecule has 0 aliphatic rings. The minimum absolute atomic E-state index is 0.0143. The van der Waals surface area contributed by atoms with E-state index in [2.05, 4.69) is 28.4 Å². The lowest BCUT2D eigenvalue weighted by atomic mass is 10.2. The van der Waals surface area contributed by atoms with Gasteiger partial charge in [0.05, 0.1) is 55.5 Å². The number of methoxy groups -OCH3 is 6. The van der Waals surface area contributed by atoms with Crippen LogP contribution in [0.2, 0.25) is 0 Å². The van der Waals surface area contributed by atoms with E-state index in [4.69, 9.17) is 19.2 Å². The number of rotatable bonds is 9. The standard InChI is InChI=1S/C9H10O2.C6H10O3.4C2H4O2/c1-11-9(10)7-8-5-3-2-4-6-8;1-5(7)3-4-6(8)9-2;4*1-4-2-3/h2-6H,7H2,1H3;3-4H2,1-2H3;4*2H,1H3. The van der Waals surface area contributed by atoms with Crippen molar-refractivity contribution in [1.29, 1.82) is 0 Å². The average molecular weight is 521 g/mol. The number of carbonyl (C=O) groups excluding carboxylic acids is 7. The van der Waals surface area contributed by atoms with E-state index in [0.29, 0.717) is 32.3 Å². The predicted octanol–water partition coefficient (Wildman–Crippen LogP) is 1.09. The van der Waals surface area contributed by atoms with Crippen LogP contribution in [0.4, 0.5) is 0 Å². The van der Waals surface area contributed by atoms with Gasteiger partial charge in [0.25, 0.3) is 25.9 Å². The second kappa shape index (κ2) is 41.0. The van der Waals surface area contributed by atoms with E-state index in [9.17, 15) is 14.4 Å². The van der Waals surface area contributed by atoms with Gasteiger partial charge >= 0.3 is 11.9 Å². The first-order chi connectivity index (χ1) is 17.1. The van der Waals surface area contributed by atoms with Crippen molar-refractivity contribution in [2.45, 2.75) is 26.2 Å². The fourth-order valence-electron chi connectivity index (χ4n) is 1.21. The summed E-state index contributed by atoms with van der Waals surface area (Å²) in [6.07, 6.45) is 0.843. The van der Waals surface area contributed by atoms with E-state index in [0.717, 1.165) is 5.56 Å². The molecule has 13 nitrogen and oxygen atoms in total. The Morgan fingerprint density at radius 3 is 1.19 bits per heavy atom. The Bertz CT molecular complexity index is 629. The molecule has 0 spiro atoms. The molecule has 0 N–H and O–H groups in total. The summed E-state index contributed by atoms with van der Waals surface area (Å²) in [5.41, 5.74) is 0.986. The first-order valence-corrected chi connectivity index (χ1v) is 9.68. The minimum Gasteiger partial charge on any atom is -0.471 e. The molecular formula is C23H36O13. The van der Waals surface area contributed by atoms with Gasteiger partial charge in [-0.2, -0.15) is 0 Å². The number of ether oxygens (including phenoxy) is 6. The zero-order valence-electron chi connectivity index (χ0n) is 21.6. The highest BCUT2D eigenvalue weighted by molar-refractivity contribution is 5.80. The van der Waals surface area contributed by atoms with Gasteiger partial charge in [0, 0.05) is 6.42 Å². The van der Waals surface area contributed by atoms with Gasteiger partial charge < -0.3 is 33.2 Å². The van der Waals surface area contributed by atoms with Crippen LogP contribution in [0, 0.1) is 0 Å². The second-order valence-corrected chi connectivity index (χ2v) is 5.34. The molecule has 0 aliphatic carbocycles. The molecule has 0 saturated heterocycles. The number of ketones is 1. The Labute approximate surface area is 210 Å². The molecule has 0 saturated carbocycles. The molecular weight excluding hydrogens is 484 g/mol. The summed E-state index contributed by atoms with van der Waals surface area (Å²) in [4.78, 5) is 67.2. The molecule has 1 rings (SSSR count). The highest BCUT2D eigenvalue weighted by Gasteiger charge is 2.01. The molecule has 0 bridgehead atoms. The van der Waals surface area contributed by atoms with Crippen molar-refractivity contribution in [2.75, 3.05) is 42.7 Å². The van der Waals surface area contributed by atoms with Gasteiger partial charge in [0.2, 0.25) is 0 Å². The molecule has 1 aromatic rings. The Morgan fingerprint density at radius 2 is 0.944 bits per heavy atom. The Hall–Kier alpha value is -4.29. The smallest absolute Gasteiger partial charge is 0.309 e. The van der Waals surface area contributed by atoms with E-state index in [1.165, 1.54) is 49.6 Å². The number of hydrogen-bond acceptors (Lipinski definition) is 13. The lowest BCUT2D eigenvalue weighted by molar-refractivity contribution is -0.142. The van der Waals surface area contributed by atoms with E-state index in [1.54, 1.807) is 0 Å². The summed E-state index contributed by atoms with van der Waals surface area (Å²) in [7, 11) is 7.95. The fraction of sp³-hybridized carbons (Fsp3) is 0.435. The summed E-state index contributed by atoms with van der Waals surface area (Å²) < 4.78 is 24.3. The van der Waals surface area contributed by atoms with E-state index < -0.39 is 0 Å². The van der Waals surface area contributed by atoms with Crippen LogP contribution in [0.15, 0.2) is 30.3 Å². The molecule has 0 amide bonds. The molecule has 206 valence electrons. The van der Waals surface area contributed by atoms with Crippen molar-refractivity contribution in [3.05, 3.63) is 35.9 Å². The van der Waals surface area contributed by atoms with Crippen molar-refractivity contribution in [3.8, 4) is 0 Å². The number of esters is 2. The number of carbonyl (C=O) groups is 7. The van der Waals surface area contributed by atoms with Crippen LogP contribution in [-0.2, 0) is 68.4 Å². The van der Waals surface area contributed by atoms with Gasteiger partial charge in [-0.05, 0) is 12.5 Å². The average Bonchev–Trinajstić information content (AvgIpc) is 2.92. The Balaban J connectivity index is -0.000000115. The summed E-state index contributed by atoms with van der Waals surface area (Å²) in [5, 5.41) is 0. The molecule has 0 heterocycles. The highest BCUT2D eigenvalue weighted by atomic mass is 16.5. The van der Waals surface area contributed by atoms with E-state index in [1.807, 2.05) is 30.3 Å². The topological polar surface area (TPSA) is 175 Å². The normalized spacial score (nSPS) is 7.31. The summed E-state index contributed by atoms with van der Waals surface area (Å²) in [5.74, 6) is -0.512. The fourth-order valence-corrected chi connectivity index (χ4v) is 1.21. The molecule has 0 fully saturated rings. The zero-order chi connectivity index (χ0) is 29.0. The van der Waals surface area contributed by atoms with Crippen LogP contribution in [0.5, 0.6) is 0 Å². The maximum Gasteiger partial charge on any atom is 0.309 e. The molecule has 0 radical (unpaired) electrons. The summed E-state index contributed by atoms with van der Waals surface area (Å²) in [6, 6.07) is 9.52. The van der Waals surface area contributed by atoms with Crippen molar-refractivity contribution < 1.29 is 62.0 Å². The van der Waals surface area contributed by atoms with Gasteiger partial charge in [0.1, 0.15) is 5.78 Å². The zero-order valence-corrected chi connectivity index (χ0v) is 21.6. The van der Waals surface area contributed by atoms with Gasteiger partial charge in [-0.15, -0.1) is 0 Å². The van der Waals surface area contributed by atoms with Crippen LogP contribution in [0.1, 0.15) is 25.3 Å². The third kappa shape index (κ3) is 57.1. The van der Waals surface area contributed by atoms with Crippen LogP contribution < -0.4 is 0 Å². The molecule has 0 aliphatic heterocycles. The lowest BCUT2D eigenvalue weighted by Gasteiger charge is -1.97. The third-order valence-electron chi connectivity index (χ3n) is 2.71. The minimum atomic E-state index is -0.329. The van der Waals surface area contributed by atoms with Crippen molar-refractivity contribution in [2.24, 2.45) is 0 Å². The Morgan fingerprint density at radius 1 is 0.611 bits per heavy atom. The van der Waals surface area contributed by atoms with Crippen molar-refractivity contribution >= 4 is 43.6 Å². The second-order valence-electron chi connectivity index (χ2n) is 5.34. The number of Topliss-reactive ketones (excluding diaryl/α,β-unsaturated/α-hetero) is 1. The first kappa shape index (κ1) is 41.9. The highest BCUT2D eigenvalue weighted by Crippen LogP contribution is 1.99. The molecule has 0 unspecified atom stereocenters. The largest absolute Gasteiger partial charge is 0.471 e. The molecule has 0 aromatic heterocycles. The molecule has 36 heavy (non-hydrogen) atoms. The predicted molar refractivity (Wildman–Crippen MR) is 126 cm³/mol. The maximum atomic E-state index is 10.8. The van der Waals surface area contributed by atoms with Gasteiger partial charge in [0.15, 0.2) is 0 Å². The SMILES string of the molecule is COC(=O)CCC(C)=O.COC(=O)Cc1ccccc1.COC=O.COC=O.COC=O.COC=O. The molecule has 1 aromatic carbocycles. The van der Waals surface area contributed by atoms with Crippen LogP contribution in [0.25, 0.3) is 0 Å². The van der Waals surface area contributed by atoms with E-state index >= 15 is 0 Å². The maximum absolute atomic E-state index is 10.8. The first-order valence-electron chi connectivity index (χ1n) is 9.68. The number of benzene rings is 1. The quantitative estimate of drug-likeness (QED) is 0.257.